The number of anilines is 2. The van der Waals surface area contributed by atoms with E-state index < -0.39 is 0 Å². The first kappa shape index (κ1) is 32.2. The fourth-order valence-electron chi connectivity index (χ4n) is 4.57. The summed E-state index contributed by atoms with van der Waals surface area (Å²) in [7, 11) is 2.07. The number of aliphatic hydroxyl groups is 1. The highest BCUT2D eigenvalue weighted by Crippen LogP contribution is 2.23. The quantitative estimate of drug-likeness (QED) is 0.197. The monoisotopic (exact) mass is 538 g/mol. The van der Waals surface area contributed by atoms with Crippen LogP contribution in [0.3, 0.4) is 0 Å². The molecule has 1 heterocycles. The highest BCUT2D eigenvalue weighted by Gasteiger charge is 2.16. The largest absolute Gasteiger partial charge is 0.396 e. The normalized spacial score (nSPS) is 12.5. The number of unbranched alkanes of at least 4 members (excludes halogenated alkanes) is 1. The molecule has 0 spiro atoms. The number of carbonyl (C=O) groups is 1. The Hall–Kier alpha value is -2.97. The predicted molar refractivity (Wildman–Crippen MR) is 162 cm³/mol. The maximum Gasteiger partial charge on any atom is 0.222 e. The second kappa shape index (κ2) is 17.6. The first-order valence-electron chi connectivity index (χ1n) is 14.4. The van der Waals surface area contributed by atoms with Crippen molar-refractivity contribution in [2.75, 3.05) is 37.8 Å². The Morgan fingerprint density at radius 1 is 1.10 bits per heavy atom. The van der Waals surface area contributed by atoms with Gasteiger partial charge >= 0.3 is 0 Å². The Labute approximate surface area is 235 Å². The van der Waals surface area contributed by atoms with Crippen LogP contribution in [0.2, 0.25) is 0 Å². The average molecular weight is 539 g/mol. The van der Waals surface area contributed by atoms with Crippen LogP contribution in [0.25, 0.3) is 0 Å². The number of aliphatic hydroxyl groups excluding tert-OH is 1. The molecule has 1 aromatic heterocycles. The van der Waals surface area contributed by atoms with Crippen molar-refractivity contribution in [2.45, 2.75) is 91.6 Å². The van der Waals surface area contributed by atoms with Crippen LogP contribution in [-0.2, 0) is 17.8 Å². The highest BCUT2D eigenvalue weighted by atomic mass is 16.3. The van der Waals surface area contributed by atoms with E-state index in [2.05, 4.69) is 83.7 Å². The Kier molecular flexibility index (Phi) is 14.5. The van der Waals surface area contributed by atoms with Gasteiger partial charge in [-0.25, -0.2) is 4.98 Å². The number of nitrogen functional groups attached to an aromatic ring is 1. The molecule has 0 saturated heterocycles. The molecule has 0 aliphatic rings. The van der Waals surface area contributed by atoms with Crippen molar-refractivity contribution < 1.29 is 9.90 Å². The van der Waals surface area contributed by atoms with Gasteiger partial charge in [-0.3, -0.25) is 4.79 Å². The third-order valence-electron chi connectivity index (χ3n) is 6.89. The fourth-order valence-corrected chi connectivity index (χ4v) is 4.57. The number of amides is 1. The summed E-state index contributed by atoms with van der Waals surface area (Å²) in [6, 6.07) is 8.75. The zero-order valence-electron chi connectivity index (χ0n) is 24.7. The third kappa shape index (κ3) is 12.2. The first-order valence-corrected chi connectivity index (χ1v) is 14.4. The van der Waals surface area contributed by atoms with Gasteiger partial charge in [0.2, 0.25) is 11.9 Å². The zero-order chi connectivity index (χ0) is 28.6. The van der Waals surface area contributed by atoms with Gasteiger partial charge in [0.25, 0.3) is 0 Å². The summed E-state index contributed by atoms with van der Waals surface area (Å²) in [5, 5.41) is 16.0. The fraction of sp³-hybridized carbons (Fsp3) is 0.581. The molecule has 1 atom stereocenters. The van der Waals surface area contributed by atoms with Crippen molar-refractivity contribution >= 4 is 17.7 Å². The van der Waals surface area contributed by atoms with Crippen LogP contribution in [0.15, 0.2) is 35.9 Å². The van der Waals surface area contributed by atoms with Gasteiger partial charge in [0, 0.05) is 56.4 Å². The summed E-state index contributed by atoms with van der Waals surface area (Å²) in [5.74, 6) is 1.13. The van der Waals surface area contributed by atoms with Gasteiger partial charge in [-0.05, 0) is 57.7 Å². The number of allylic oxidation sites excluding steroid dienone is 2. The molecule has 5 N–H and O–H groups in total. The smallest absolute Gasteiger partial charge is 0.222 e. The molecule has 0 radical (unpaired) electrons. The van der Waals surface area contributed by atoms with Gasteiger partial charge < -0.3 is 26.4 Å². The van der Waals surface area contributed by atoms with Crippen molar-refractivity contribution in [1.29, 1.82) is 0 Å². The Morgan fingerprint density at radius 2 is 1.82 bits per heavy atom. The lowest BCUT2D eigenvalue weighted by Crippen LogP contribution is -2.32. The van der Waals surface area contributed by atoms with Crippen molar-refractivity contribution in [2.24, 2.45) is 0 Å². The van der Waals surface area contributed by atoms with Crippen LogP contribution in [0, 0.1) is 6.92 Å². The molecule has 0 aliphatic heterocycles. The molecule has 1 aromatic carbocycles. The minimum Gasteiger partial charge on any atom is -0.396 e. The van der Waals surface area contributed by atoms with E-state index in [1.54, 1.807) is 0 Å². The molecule has 2 aromatic rings. The molecule has 0 saturated carbocycles. The van der Waals surface area contributed by atoms with Crippen molar-refractivity contribution in [1.82, 2.24) is 20.2 Å². The lowest BCUT2D eigenvalue weighted by Gasteiger charge is -2.21. The van der Waals surface area contributed by atoms with Crippen LogP contribution in [0.1, 0.15) is 88.1 Å². The molecule has 8 heteroatoms. The Balaban J connectivity index is 1.90. The maximum absolute atomic E-state index is 12.2. The second-order valence-electron chi connectivity index (χ2n) is 10.6. The van der Waals surface area contributed by atoms with Gasteiger partial charge in [0.15, 0.2) is 0 Å². The lowest BCUT2D eigenvalue weighted by atomic mass is 10.0. The van der Waals surface area contributed by atoms with Gasteiger partial charge in [-0.15, -0.1) is 0 Å². The van der Waals surface area contributed by atoms with Crippen LogP contribution >= 0.6 is 0 Å². The van der Waals surface area contributed by atoms with Crippen LogP contribution in [0.5, 0.6) is 0 Å². The lowest BCUT2D eigenvalue weighted by molar-refractivity contribution is -0.121. The highest BCUT2D eigenvalue weighted by molar-refractivity contribution is 5.76. The molecule has 216 valence electrons. The first-order chi connectivity index (χ1) is 18.7. The SMILES string of the molecule is CCC/C=C(\C)CCC(=O)NCCN(C)Cc1ccc(Cc2c(C)nc(N)nc2N[C@@H](CCC)CCO)cc1. The van der Waals surface area contributed by atoms with E-state index in [-0.39, 0.29) is 24.5 Å². The summed E-state index contributed by atoms with van der Waals surface area (Å²) in [6.45, 7) is 10.7. The van der Waals surface area contributed by atoms with E-state index >= 15 is 0 Å². The number of benzene rings is 1. The summed E-state index contributed by atoms with van der Waals surface area (Å²) >= 11 is 0. The second-order valence-corrected chi connectivity index (χ2v) is 10.6. The van der Waals surface area contributed by atoms with E-state index in [0.29, 0.717) is 25.8 Å². The standard InChI is InChI=1S/C31H50N6O2/c1-6-8-10-23(3)11-16-29(39)33-18-19-37(5)22-26-14-12-25(13-15-26)21-28-24(4)34-31(32)36-30(28)35-27(9-7-2)17-20-38/h10,12-15,27,38H,6-9,11,16-22H2,1-5H3,(H,33,39)(H3,32,34,35,36)/b23-10+/t27-/m0/s1. The van der Waals surface area contributed by atoms with Crippen LogP contribution in [0.4, 0.5) is 11.8 Å². The number of carbonyl (C=O) groups excluding carboxylic acids is 1. The Bertz CT molecular complexity index is 1030. The van der Waals surface area contributed by atoms with Gasteiger partial charge in [-0.2, -0.15) is 4.98 Å². The zero-order valence-corrected chi connectivity index (χ0v) is 24.7. The number of nitrogens with one attached hydrogen (secondary N) is 2. The van der Waals surface area contributed by atoms with Gasteiger partial charge in [-0.1, -0.05) is 62.6 Å². The van der Waals surface area contributed by atoms with Crippen LogP contribution in [-0.4, -0.2) is 58.7 Å². The van der Waals surface area contributed by atoms with E-state index in [1.165, 1.54) is 16.7 Å². The molecule has 0 unspecified atom stereocenters. The van der Waals surface area contributed by atoms with Crippen molar-refractivity contribution in [3.63, 3.8) is 0 Å². The van der Waals surface area contributed by atoms with E-state index in [0.717, 1.165) is 62.3 Å². The van der Waals surface area contributed by atoms with E-state index in [9.17, 15) is 9.90 Å². The number of aromatic nitrogens is 2. The maximum atomic E-state index is 12.2. The average Bonchev–Trinajstić information content (AvgIpc) is 2.89. The molecule has 0 bridgehead atoms. The molecule has 0 aliphatic carbocycles. The molecular formula is C31H50N6O2. The molecule has 1 amide bonds. The number of rotatable bonds is 18. The number of nitrogens with zero attached hydrogens (tertiary/aromatic N) is 3. The van der Waals surface area contributed by atoms with Crippen LogP contribution < -0.4 is 16.4 Å². The minimum absolute atomic E-state index is 0.116. The van der Waals surface area contributed by atoms with Crippen molar-refractivity contribution in [3.8, 4) is 0 Å². The number of hydrogen-bond donors (Lipinski definition) is 4. The summed E-state index contributed by atoms with van der Waals surface area (Å²) in [4.78, 5) is 23.3. The molecular weight excluding hydrogens is 488 g/mol. The van der Waals surface area contributed by atoms with E-state index in [4.69, 9.17) is 5.73 Å². The van der Waals surface area contributed by atoms with E-state index in [1.807, 2.05) is 6.92 Å². The molecule has 39 heavy (non-hydrogen) atoms. The molecule has 0 fully saturated rings. The van der Waals surface area contributed by atoms with Gasteiger partial charge in [0.05, 0.1) is 0 Å². The van der Waals surface area contributed by atoms with Gasteiger partial charge in [0.1, 0.15) is 5.82 Å². The predicted octanol–water partition coefficient (Wildman–Crippen LogP) is 5.00. The number of nitrogens with two attached hydrogens (primary N) is 1. The number of aryl methyl sites for hydroxylation is 1. The number of likely N-dealkylation sites (N-methyl/N-ethyl adjacent to an activating group) is 1. The summed E-state index contributed by atoms with van der Waals surface area (Å²) in [5.41, 5.74) is 11.5. The molecule has 2 rings (SSSR count). The van der Waals surface area contributed by atoms with Crippen molar-refractivity contribution in [3.05, 3.63) is 58.3 Å². The number of hydrogen-bond acceptors (Lipinski definition) is 7. The Morgan fingerprint density at radius 3 is 2.49 bits per heavy atom. The summed E-state index contributed by atoms with van der Waals surface area (Å²) in [6.07, 6.45) is 9.16. The summed E-state index contributed by atoms with van der Waals surface area (Å²) < 4.78 is 0. The third-order valence-corrected chi connectivity index (χ3v) is 6.89. The minimum atomic E-state index is 0.116. The topological polar surface area (TPSA) is 116 Å². The molecule has 8 nitrogen and oxygen atoms in total.